The maximum atomic E-state index is 5.68. The highest BCUT2D eigenvalue weighted by Crippen LogP contribution is 2.15. The van der Waals surface area contributed by atoms with Gasteiger partial charge in [-0.1, -0.05) is 17.7 Å². The summed E-state index contributed by atoms with van der Waals surface area (Å²) in [6.07, 6.45) is 0.958. The fraction of sp³-hybridized carbons (Fsp3) is 0.294. The molecule has 2 aromatic rings. The minimum atomic E-state index is 0.714. The van der Waals surface area contributed by atoms with Crippen LogP contribution in [0.3, 0.4) is 0 Å². The van der Waals surface area contributed by atoms with Crippen LogP contribution in [0, 0.1) is 6.92 Å². The largest absolute Gasteiger partial charge is 0.497 e. The van der Waals surface area contributed by atoms with Crippen molar-refractivity contribution in [3.63, 3.8) is 0 Å². The number of hydrogen-bond donors (Lipinski definition) is 1. The van der Waals surface area contributed by atoms with Crippen molar-refractivity contribution in [2.75, 3.05) is 25.6 Å². The molecule has 0 amide bonds. The Hall–Kier alpha value is -2.16. The van der Waals surface area contributed by atoms with Crippen LogP contribution in [0.2, 0.25) is 0 Å². The zero-order valence-electron chi connectivity index (χ0n) is 12.1. The molecule has 0 aliphatic rings. The second-order valence-corrected chi connectivity index (χ2v) is 4.67. The van der Waals surface area contributed by atoms with Gasteiger partial charge >= 0.3 is 0 Å². The molecule has 20 heavy (non-hydrogen) atoms. The zero-order valence-corrected chi connectivity index (χ0v) is 12.1. The molecule has 0 radical (unpaired) electrons. The molecular formula is C17H21NO2. The number of aryl methyl sites for hydroxylation is 1. The molecule has 1 N–H and O–H groups in total. The molecule has 0 bridgehead atoms. The Morgan fingerprint density at radius 1 is 0.900 bits per heavy atom. The van der Waals surface area contributed by atoms with Crippen molar-refractivity contribution in [1.82, 2.24) is 0 Å². The molecule has 0 aliphatic heterocycles. The van der Waals surface area contributed by atoms with Crippen molar-refractivity contribution in [3.8, 4) is 11.5 Å². The molecule has 0 atom stereocenters. The van der Waals surface area contributed by atoms with Crippen molar-refractivity contribution in [3.05, 3.63) is 54.1 Å². The van der Waals surface area contributed by atoms with E-state index in [-0.39, 0.29) is 0 Å². The summed E-state index contributed by atoms with van der Waals surface area (Å²) in [7, 11) is 1.67. The van der Waals surface area contributed by atoms with Crippen LogP contribution in [0.5, 0.6) is 11.5 Å². The first kappa shape index (κ1) is 14.3. The van der Waals surface area contributed by atoms with Gasteiger partial charge in [-0.2, -0.15) is 0 Å². The summed E-state index contributed by atoms with van der Waals surface area (Å²) in [5.74, 6) is 1.80. The summed E-state index contributed by atoms with van der Waals surface area (Å²) in [5, 5.41) is 3.36. The molecule has 3 nitrogen and oxygen atoms in total. The lowest BCUT2D eigenvalue weighted by atomic mass is 10.2. The fourth-order valence-electron chi connectivity index (χ4n) is 1.84. The Morgan fingerprint density at radius 3 is 2.20 bits per heavy atom. The third-order valence-corrected chi connectivity index (χ3v) is 3.03. The van der Waals surface area contributed by atoms with Crippen molar-refractivity contribution < 1.29 is 9.47 Å². The smallest absolute Gasteiger partial charge is 0.119 e. The highest BCUT2D eigenvalue weighted by molar-refractivity contribution is 5.46. The van der Waals surface area contributed by atoms with Crippen LogP contribution in [-0.2, 0) is 0 Å². The van der Waals surface area contributed by atoms with Gasteiger partial charge in [0.05, 0.1) is 13.7 Å². The highest BCUT2D eigenvalue weighted by atomic mass is 16.5. The quantitative estimate of drug-likeness (QED) is 0.775. The van der Waals surface area contributed by atoms with Gasteiger partial charge in [0.25, 0.3) is 0 Å². The van der Waals surface area contributed by atoms with Crippen LogP contribution in [0.1, 0.15) is 12.0 Å². The number of hydrogen-bond acceptors (Lipinski definition) is 3. The average molecular weight is 271 g/mol. The molecule has 0 saturated heterocycles. The van der Waals surface area contributed by atoms with Crippen molar-refractivity contribution >= 4 is 5.69 Å². The summed E-state index contributed by atoms with van der Waals surface area (Å²) in [5.41, 5.74) is 2.35. The van der Waals surface area contributed by atoms with E-state index in [0.717, 1.165) is 30.2 Å². The second-order valence-electron chi connectivity index (χ2n) is 4.67. The average Bonchev–Trinajstić information content (AvgIpc) is 2.49. The molecule has 0 aliphatic carbocycles. The number of ether oxygens (including phenoxy) is 2. The number of methoxy groups -OCH3 is 1. The molecule has 106 valence electrons. The molecule has 3 heteroatoms. The van der Waals surface area contributed by atoms with Crippen LogP contribution in [0.15, 0.2) is 48.5 Å². The number of rotatable bonds is 7. The molecule has 0 spiro atoms. The molecule has 0 fully saturated rings. The Morgan fingerprint density at radius 2 is 1.55 bits per heavy atom. The van der Waals surface area contributed by atoms with Gasteiger partial charge in [0.1, 0.15) is 11.5 Å². The van der Waals surface area contributed by atoms with E-state index in [4.69, 9.17) is 9.47 Å². The number of anilines is 1. The van der Waals surface area contributed by atoms with Gasteiger partial charge in [-0.15, -0.1) is 0 Å². The van der Waals surface area contributed by atoms with Crippen molar-refractivity contribution in [1.29, 1.82) is 0 Å². The van der Waals surface area contributed by atoms with Gasteiger partial charge in [-0.25, -0.2) is 0 Å². The fourth-order valence-corrected chi connectivity index (χ4v) is 1.84. The molecular weight excluding hydrogens is 250 g/mol. The minimum absolute atomic E-state index is 0.714. The summed E-state index contributed by atoms with van der Waals surface area (Å²) >= 11 is 0. The van der Waals surface area contributed by atoms with Crippen LogP contribution in [0.4, 0.5) is 5.69 Å². The lowest BCUT2D eigenvalue weighted by molar-refractivity contribution is 0.315. The predicted molar refractivity (Wildman–Crippen MR) is 82.8 cm³/mol. The summed E-state index contributed by atoms with van der Waals surface area (Å²) in [6, 6.07) is 16.1. The van der Waals surface area contributed by atoms with E-state index in [2.05, 4.69) is 24.4 Å². The van der Waals surface area contributed by atoms with Gasteiger partial charge in [0.2, 0.25) is 0 Å². The van der Waals surface area contributed by atoms with Crippen LogP contribution >= 0.6 is 0 Å². The number of nitrogens with one attached hydrogen (secondary N) is 1. The molecule has 0 heterocycles. The lowest BCUT2D eigenvalue weighted by Gasteiger charge is -2.09. The van der Waals surface area contributed by atoms with E-state index in [0.29, 0.717) is 6.61 Å². The van der Waals surface area contributed by atoms with E-state index >= 15 is 0 Å². The van der Waals surface area contributed by atoms with Gasteiger partial charge in [0.15, 0.2) is 0 Å². The first-order valence-corrected chi connectivity index (χ1v) is 6.85. The van der Waals surface area contributed by atoms with Gasteiger partial charge in [0, 0.05) is 12.2 Å². The Balaban J connectivity index is 1.64. The van der Waals surface area contributed by atoms with E-state index < -0.39 is 0 Å². The summed E-state index contributed by atoms with van der Waals surface area (Å²) in [6.45, 7) is 3.67. The van der Waals surface area contributed by atoms with Crippen LogP contribution in [0.25, 0.3) is 0 Å². The Bertz CT molecular complexity index is 506. The van der Waals surface area contributed by atoms with Crippen LogP contribution < -0.4 is 14.8 Å². The van der Waals surface area contributed by atoms with Gasteiger partial charge in [-0.05, 0) is 49.7 Å². The monoisotopic (exact) mass is 271 g/mol. The second kappa shape index (κ2) is 7.43. The topological polar surface area (TPSA) is 30.5 Å². The zero-order chi connectivity index (χ0) is 14.2. The third kappa shape index (κ3) is 4.50. The van der Waals surface area contributed by atoms with Crippen molar-refractivity contribution in [2.45, 2.75) is 13.3 Å². The summed E-state index contributed by atoms with van der Waals surface area (Å²) < 4.78 is 10.8. The molecule has 0 aromatic heterocycles. The first-order chi connectivity index (χ1) is 9.78. The lowest BCUT2D eigenvalue weighted by Crippen LogP contribution is -2.07. The molecule has 2 rings (SSSR count). The third-order valence-electron chi connectivity index (χ3n) is 3.03. The Labute approximate surface area is 120 Å². The standard InChI is InChI=1S/C17H21NO2/c1-14-4-8-17(9-5-14)20-13-3-12-18-15-6-10-16(19-2)11-7-15/h4-11,18H,3,12-13H2,1-2H3. The molecule has 2 aromatic carbocycles. The normalized spacial score (nSPS) is 10.1. The Kier molecular flexibility index (Phi) is 5.30. The van der Waals surface area contributed by atoms with E-state index in [1.54, 1.807) is 7.11 Å². The van der Waals surface area contributed by atoms with E-state index in [1.165, 1.54) is 5.56 Å². The minimum Gasteiger partial charge on any atom is -0.497 e. The SMILES string of the molecule is COc1ccc(NCCCOc2ccc(C)cc2)cc1. The maximum Gasteiger partial charge on any atom is 0.119 e. The first-order valence-electron chi connectivity index (χ1n) is 6.85. The predicted octanol–water partition coefficient (Wildman–Crippen LogP) is 3.88. The van der Waals surface area contributed by atoms with E-state index in [9.17, 15) is 0 Å². The van der Waals surface area contributed by atoms with Gasteiger partial charge < -0.3 is 14.8 Å². The van der Waals surface area contributed by atoms with Gasteiger partial charge in [-0.3, -0.25) is 0 Å². The number of benzene rings is 2. The van der Waals surface area contributed by atoms with Crippen LogP contribution in [-0.4, -0.2) is 20.3 Å². The van der Waals surface area contributed by atoms with Crippen molar-refractivity contribution in [2.24, 2.45) is 0 Å². The summed E-state index contributed by atoms with van der Waals surface area (Å²) in [4.78, 5) is 0. The highest BCUT2D eigenvalue weighted by Gasteiger charge is 1.95. The molecule has 0 unspecified atom stereocenters. The maximum absolute atomic E-state index is 5.68. The molecule has 0 saturated carbocycles. The van der Waals surface area contributed by atoms with E-state index in [1.807, 2.05) is 36.4 Å².